The average molecular weight is 363 g/mol. The van der Waals surface area contributed by atoms with Gasteiger partial charge >= 0.3 is 0 Å². The summed E-state index contributed by atoms with van der Waals surface area (Å²) >= 11 is 0. The van der Waals surface area contributed by atoms with Crippen molar-refractivity contribution < 1.29 is 4.79 Å². The van der Waals surface area contributed by atoms with Crippen molar-refractivity contribution in [1.82, 2.24) is 30.0 Å². The van der Waals surface area contributed by atoms with Gasteiger partial charge in [-0.1, -0.05) is 0 Å². The third-order valence-electron chi connectivity index (χ3n) is 5.81. The van der Waals surface area contributed by atoms with Crippen molar-refractivity contribution in [3.8, 4) is 11.4 Å². The molecule has 1 amide bonds. The minimum Gasteiger partial charge on any atom is -0.356 e. The third-order valence-corrected chi connectivity index (χ3v) is 5.81. The van der Waals surface area contributed by atoms with E-state index < -0.39 is 0 Å². The summed E-state index contributed by atoms with van der Waals surface area (Å²) in [4.78, 5) is 27.8. The van der Waals surface area contributed by atoms with E-state index >= 15 is 0 Å². The van der Waals surface area contributed by atoms with Gasteiger partial charge in [0, 0.05) is 51.1 Å². The highest BCUT2D eigenvalue weighted by atomic mass is 16.1. The summed E-state index contributed by atoms with van der Waals surface area (Å²) in [7, 11) is 1.90. The second-order valence-electron chi connectivity index (χ2n) is 7.56. The topological polar surface area (TPSA) is 88.8 Å². The first-order valence-electron chi connectivity index (χ1n) is 9.25. The third kappa shape index (κ3) is 2.72. The Balaban J connectivity index is 1.52. The van der Waals surface area contributed by atoms with Crippen molar-refractivity contribution in [1.29, 1.82) is 0 Å². The number of amides is 1. The molecule has 2 fully saturated rings. The number of hydrogen-bond acceptors (Lipinski definition) is 6. The first-order chi connectivity index (χ1) is 13.1. The smallest absolute Gasteiger partial charge is 0.220 e. The fourth-order valence-corrected chi connectivity index (χ4v) is 4.17. The Hall–Kier alpha value is -3.03. The van der Waals surface area contributed by atoms with E-state index in [1.54, 1.807) is 17.1 Å². The summed E-state index contributed by atoms with van der Waals surface area (Å²) in [6, 6.07) is 3.86. The van der Waals surface area contributed by atoms with E-state index in [0.717, 1.165) is 54.9 Å². The molecule has 8 heteroatoms. The van der Waals surface area contributed by atoms with Gasteiger partial charge in [0.15, 0.2) is 11.5 Å². The van der Waals surface area contributed by atoms with Crippen LogP contribution in [0.2, 0.25) is 0 Å². The zero-order valence-corrected chi connectivity index (χ0v) is 15.2. The summed E-state index contributed by atoms with van der Waals surface area (Å²) in [5.74, 6) is 1.75. The first kappa shape index (κ1) is 16.2. The fraction of sp³-hybridized carbons (Fsp3) is 0.421. The van der Waals surface area contributed by atoms with Crippen LogP contribution in [0.4, 0.5) is 5.82 Å². The average Bonchev–Trinajstić information content (AvgIpc) is 3.25. The lowest BCUT2D eigenvalue weighted by molar-refractivity contribution is -0.119. The van der Waals surface area contributed by atoms with Crippen molar-refractivity contribution in [2.24, 2.45) is 12.5 Å². The van der Waals surface area contributed by atoms with Gasteiger partial charge in [-0.2, -0.15) is 5.10 Å². The van der Waals surface area contributed by atoms with Crippen molar-refractivity contribution in [2.75, 3.05) is 24.5 Å². The molecule has 2 aliphatic rings. The number of anilines is 1. The number of hydrogen-bond donors (Lipinski definition) is 1. The molecule has 138 valence electrons. The van der Waals surface area contributed by atoms with Crippen LogP contribution in [-0.4, -0.2) is 50.3 Å². The molecule has 1 N–H and O–H groups in total. The van der Waals surface area contributed by atoms with Gasteiger partial charge in [0.2, 0.25) is 5.91 Å². The number of nitrogens with one attached hydrogen (secondary N) is 1. The lowest BCUT2D eigenvalue weighted by Crippen LogP contribution is -2.41. The van der Waals surface area contributed by atoms with Crippen LogP contribution in [0.5, 0.6) is 0 Å². The zero-order chi connectivity index (χ0) is 18.4. The molecule has 3 aromatic rings. The van der Waals surface area contributed by atoms with Gasteiger partial charge in [-0.3, -0.25) is 14.5 Å². The fourth-order valence-electron chi connectivity index (χ4n) is 4.17. The Morgan fingerprint density at radius 2 is 2.04 bits per heavy atom. The standard InChI is InChI=1S/C19H21N7O/c1-25-17-14(11-22-25)18(24-16(23-17)13-3-2-6-20-10-13)26-7-4-19(5-8-26)9-15(27)21-12-19/h2-3,6,10-11H,4-5,7-9,12H2,1H3,(H,21,27). The molecule has 0 bridgehead atoms. The summed E-state index contributed by atoms with van der Waals surface area (Å²) in [6.45, 7) is 2.55. The second kappa shape index (κ2) is 6.00. The summed E-state index contributed by atoms with van der Waals surface area (Å²) in [5.41, 5.74) is 1.82. The number of nitrogens with zero attached hydrogens (tertiary/aromatic N) is 6. The van der Waals surface area contributed by atoms with Crippen molar-refractivity contribution in [3.05, 3.63) is 30.7 Å². The maximum atomic E-state index is 11.7. The number of aromatic nitrogens is 5. The Bertz CT molecular complexity index is 1010. The number of rotatable bonds is 2. The molecule has 3 aromatic heterocycles. The molecule has 8 nitrogen and oxygen atoms in total. The van der Waals surface area contributed by atoms with Crippen molar-refractivity contribution >= 4 is 22.8 Å². The monoisotopic (exact) mass is 363 g/mol. The SMILES string of the molecule is Cn1ncc2c(N3CCC4(CC3)CNC(=O)C4)nc(-c3cccnc3)nc21. The number of aryl methyl sites for hydroxylation is 1. The van der Waals surface area contributed by atoms with Crippen molar-refractivity contribution in [2.45, 2.75) is 19.3 Å². The minimum absolute atomic E-state index is 0.112. The molecule has 0 aliphatic carbocycles. The van der Waals surface area contributed by atoms with E-state index in [-0.39, 0.29) is 11.3 Å². The van der Waals surface area contributed by atoms with E-state index in [1.807, 2.05) is 25.4 Å². The first-order valence-corrected chi connectivity index (χ1v) is 9.25. The molecule has 5 rings (SSSR count). The van der Waals surface area contributed by atoms with Gasteiger partial charge in [0.25, 0.3) is 0 Å². The minimum atomic E-state index is 0.112. The highest BCUT2D eigenvalue weighted by Gasteiger charge is 2.41. The highest BCUT2D eigenvalue weighted by molar-refractivity contribution is 5.88. The van der Waals surface area contributed by atoms with Gasteiger partial charge in [-0.15, -0.1) is 0 Å². The molecule has 27 heavy (non-hydrogen) atoms. The summed E-state index contributed by atoms with van der Waals surface area (Å²) < 4.78 is 1.78. The Morgan fingerprint density at radius 3 is 2.74 bits per heavy atom. The Kier molecular flexibility index (Phi) is 3.60. The molecule has 2 saturated heterocycles. The van der Waals surface area contributed by atoms with Gasteiger partial charge < -0.3 is 10.2 Å². The van der Waals surface area contributed by atoms with Gasteiger partial charge in [-0.25, -0.2) is 9.97 Å². The maximum absolute atomic E-state index is 11.7. The number of piperidine rings is 1. The molecule has 5 heterocycles. The van der Waals surface area contributed by atoms with E-state index in [4.69, 9.17) is 9.97 Å². The molecular formula is C19H21N7O. The molecule has 0 saturated carbocycles. The molecule has 2 aliphatic heterocycles. The zero-order valence-electron chi connectivity index (χ0n) is 15.2. The predicted octanol–water partition coefficient (Wildman–Crippen LogP) is 1.53. The van der Waals surface area contributed by atoms with Crippen LogP contribution in [0.15, 0.2) is 30.7 Å². The van der Waals surface area contributed by atoms with Crippen LogP contribution < -0.4 is 10.2 Å². The largest absolute Gasteiger partial charge is 0.356 e. The van der Waals surface area contributed by atoms with Gasteiger partial charge in [-0.05, 0) is 30.4 Å². The van der Waals surface area contributed by atoms with Crippen LogP contribution in [0.25, 0.3) is 22.4 Å². The predicted molar refractivity (Wildman–Crippen MR) is 101 cm³/mol. The van der Waals surface area contributed by atoms with Crippen LogP contribution in [-0.2, 0) is 11.8 Å². The van der Waals surface area contributed by atoms with Crippen LogP contribution in [0.3, 0.4) is 0 Å². The Labute approximate surface area is 156 Å². The highest BCUT2D eigenvalue weighted by Crippen LogP contribution is 2.39. The molecule has 0 radical (unpaired) electrons. The molecular weight excluding hydrogens is 342 g/mol. The van der Waals surface area contributed by atoms with Crippen LogP contribution in [0, 0.1) is 5.41 Å². The number of carbonyl (C=O) groups excluding carboxylic acids is 1. The second-order valence-corrected chi connectivity index (χ2v) is 7.56. The van der Waals surface area contributed by atoms with E-state index in [0.29, 0.717) is 12.2 Å². The van der Waals surface area contributed by atoms with E-state index in [2.05, 4.69) is 20.3 Å². The number of pyridine rings is 1. The van der Waals surface area contributed by atoms with Crippen molar-refractivity contribution in [3.63, 3.8) is 0 Å². The molecule has 0 aromatic carbocycles. The Morgan fingerprint density at radius 1 is 1.19 bits per heavy atom. The van der Waals surface area contributed by atoms with Gasteiger partial charge in [0.1, 0.15) is 5.82 Å². The lowest BCUT2D eigenvalue weighted by Gasteiger charge is -2.39. The number of carbonyl (C=O) groups is 1. The van der Waals surface area contributed by atoms with E-state index in [9.17, 15) is 4.79 Å². The quantitative estimate of drug-likeness (QED) is 0.743. The normalized spacial score (nSPS) is 19.0. The summed E-state index contributed by atoms with van der Waals surface area (Å²) in [6.07, 6.45) is 7.98. The van der Waals surface area contributed by atoms with Crippen LogP contribution in [0.1, 0.15) is 19.3 Å². The number of fused-ring (bicyclic) bond motifs is 1. The lowest BCUT2D eigenvalue weighted by atomic mass is 9.77. The van der Waals surface area contributed by atoms with Gasteiger partial charge in [0.05, 0.1) is 11.6 Å². The maximum Gasteiger partial charge on any atom is 0.220 e. The molecule has 1 spiro atoms. The van der Waals surface area contributed by atoms with E-state index in [1.165, 1.54) is 0 Å². The summed E-state index contributed by atoms with van der Waals surface area (Å²) in [5, 5.41) is 8.34. The molecule has 0 unspecified atom stereocenters. The molecule has 0 atom stereocenters. The van der Waals surface area contributed by atoms with Crippen LogP contribution >= 0.6 is 0 Å².